The van der Waals surface area contributed by atoms with Gasteiger partial charge in [0, 0.05) is 18.6 Å². The van der Waals surface area contributed by atoms with Crippen LogP contribution in [0, 0.1) is 19.8 Å². The standard InChI is InChI=1S/C20H28N2O2/c1-13-7-8-14(2)17(9-13)19-10-21(15(3)11-24-19)12-22-18-6-4-5-16(18)20(22)23/h7-9,15-16,18-19H,4-6,10-12H2,1-3H3/t15-,16+,18-,19-/m0/s1. The van der Waals surface area contributed by atoms with E-state index < -0.39 is 0 Å². The number of rotatable bonds is 3. The van der Waals surface area contributed by atoms with Gasteiger partial charge >= 0.3 is 0 Å². The Bertz CT molecular complexity index is 645. The van der Waals surface area contributed by atoms with Crippen LogP contribution in [0.2, 0.25) is 0 Å². The molecule has 3 fully saturated rings. The number of β-lactam (4-membered cyclic amide) rings is 1. The summed E-state index contributed by atoms with van der Waals surface area (Å²) in [5, 5.41) is 0. The number of amides is 1. The van der Waals surface area contributed by atoms with Crippen molar-refractivity contribution in [3.8, 4) is 0 Å². The summed E-state index contributed by atoms with van der Waals surface area (Å²) >= 11 is 0. The number of likely N-dealkylation sites (tertiary alicyclic amines) is 1. The third-order valence-electron chi connectivity index (χ3n) is 6.16. The lowest BCUT2D eigenvalue weighted by Crippen LogP contribution is -2.63. The van der Waals surface area contributed by atoms with Crippen LogP contribution in [0.15, 0.2) is 18.2 Å². The van der Waals surface area contributed by atoms with Crippen molar-refractivity contribution in [2.24, 2.45) is 5.92 Å². The zero-order chi connectivity index (χ0) is 16.8. The molecule has 0 aromatic heterocycles. The minimum absolute atomic E-state index is 0.108. The first-order valence-corrected chi connectivity index (χ1v) is 9.28. The average molecular weight is 328 g/mol. The number of hydrogen-bond acceptors (Lipinski definition) is 3. The largest absolute Gasteiger partial charge is 0.371 e. The maximum absolute atomic E-state index is 12.3. The summed E-state index contributed by atoms with van der Waals surface area (Å²) in [7, 11) is 0. The van der Waals surface area contributed by atoms with Crippen LogP contribution >= 0.6 is 0 Å². The van der Waals surface area contributed by atoms with Crippen molar-refractivity contribution in [1.82, 2.24) is 9.80 Å². The second-order valence-electron chi connectivity index (χ2n) is 7.86. The maximum atomic E-state index is 12.3. The highest BCUT2D eigenvalue weighted by atomic mass is 16.5. The number of nitrogens with zero attached hydrogens (tertiary/aromatic N) is 2. The molecule has 2 heterocycles. The maximum Gasteiger partial charge on any atom is 0.229 e. The summed E-state index contributed by atoms with van der Waals surface area (Å²) in [5.74, 6) is 0.704. The minimum Gasteiger partial charge on any atom is -0.371 e. The zero-order valence-corrected chi connectivity index (χ0v) is 15.0. The Morgan fingerprint density at radius 1 is 1.25 bits per heavy atom. The normalized spacial score (nSPS) is 33.5. The number of fused-ring (bicyclic) bond motifs is 1. The molecule has 1 amide bonds. The highest BCUT2D eigenvalue weighted by Crippen LogP contribution is 2.40. The average Bonchev–Trinajstić information content (AvgIpc) is 3.01. The molecule has 24 heavy (non-hydrogen) atoms. The summed E-state index contributed by atoms with van der Waals surface area (Å²) in [6.45, 7) is 8.86. The number of morpholine rings is 1. The van der Waals surface area contributed by atoms with E-state index in [9.17, 15) is 4.79 Å². The van der Waals surface area contributed by atoms with Gasteiger partial charge in [-0.05, 0) is 44.7 Å². The highest BCUT2D eigenvalue weighted by molar-refractivity contribution is 5.86. The van der Waals surface area contributed by atoms with Crippen LogP contribution in [0.3, 0.4) is 0 Å². The molecule has 4 atom stereocenters. The summed E-state index contributed by atoms with van der Waals surface area (Å²) in [6.07, 6.45) is 3.61. The summed E-state index contributed by atoms with van der Waals surface area (Å²) in [4.78, 5) is 16.9. The smallest absolute Gasteiger partial charge is 0.229 e. The molecular formula is C20H28N2O2. The molecule has 0 bridgehead atoms. The van der Waals surface area contributed by atoms with E-state index in [0.29, 0.717) is 23.9 Å². The minimum atomic E-state index is 0.108. The molecule has 3 aliphatic rings. The van der Waals surface area contributed by atoms with Crippen LogP contribution in [-0.2, 0) is 9.53 Å². The van der Waals surface area contributed by atoms with Crippen molar-refractivity contribution in [2.75, 3.05) is 19.8 Å². The van der Waals surface area contributed by atoms with Crippen molar-refractivity contribution in [3.05, 3.63) is 34.9 Å². The van der Waals surface area contributed by atoms with Gasteiger partial charge in [0.25, 0.3) is 0 Å². The SMILES string of the molecule is Cc1ccc(C)c([C@@H]2CN(CN3C(=O)[C@@H]4CCC[C@@H]43)[C@@H](C)CO2)c1. The third kappa shape index (κ3) is 2.66. The van der Waals surface area contributed by atoms with Crippen LogP contribution < -0.4 is 0 Å². The van der Waals surface area contributed by atoms with Gasteiger partial charge in [0.15, 0.2) is 0 Å². The van der Waals surface area contributed by atoms with Crippen molar-refractivity contribution in [2.45, 2.75) is 58.2 Å². The van der Waals surface area contributed by atoms with Crippen LogP contribution in [0.5, 0.6) is 0 Å². The van der Waals surface area contributed by atoms with Gasteiger partial charge < -0.3 is 9.64 Å². The molecule has 1 aromatic rings. The number of hydrogen-bond donors (Lipinski definition) is 0. The van der Waals surface area contributed by atoms with Crippen molar-refractivity contribution >= 4 is 5.91 Å². The van der Waals surface area contributed by atoms with E-state index in [1.807, 2.05) is 0 Å². The van der Waals surface area contributed by atoms with E-state index in [1.165, 1.54) is 29.5 Å². The van der Waals surface area contributed by atoms with E-state index in [4.69, 9.17) is 4.74 Å². The molecule has 4 rings (SSSR count). The van der Waals surface area contributed by atoms with E-state index in [2.05, 4.69) is 48.8 Å². The van der Waals surface area contributed by atoms with E-state index in [1.54, 1.807) is 0 Å². The molecule has 1 aliphatic carbocycles. The zero-order valence-electron chi connectivity index (χ0n) is 15.0. The summed E-state index contributed by atoms with van der Waals surface area (Å²) < 4.78 is 6.14. The van der Waals surface area contributed by atoms with Gasteiger partial charge in [-0.1, -0.05) is 30.2 Å². The Morgan fingerprint density at radius 2 is 2.08 bits per heavy atom. The molecule has 0 unspecified atom stereocenters. The van der Waals surface area contributed by atoms with E-state index >= 15 is 0 Å². The Hall–Kier alpha value is -1.39. The molecule has 1 aromatic carbocycles. The lowest BCUT2D eigenvalue weighted by atomic mass is 9.91. The number of ether oxygens (including phenoxy) is 1. The van der Waals surface area contributed by atoms with Crippen molar-refractivity contribution in [3.63, 3.8) is 0 Å². The molecule has 0 N–H and O–H groups in total. The molecule has 4 heteroatoms. The summed E-state index contributed by atoms with van der Waals surface area (Å²) in [5.41, 5.74) is 3.85. The molecule has 0 radical (unpaired) electrons. The molecular weight excluding hydrogens is 300 g/mol. The Labute approximate surface area is 144 Å². The molecule has 2 saturated heterocycles. The van der Waals surface area contributed by atoms with Gasteiger partial charge in [0.1, 0.15) is 0 Å². The third-order valence-corrected chi connectivity index (χ3v) is 6.16. The van der Waals surface area contributed by atoms with Gasteiger partial charge in [0.2, 0.25) is 5.91 Å². The Balaban J connectivity index is 1.47. The van der Waals surface area contributed by atoms with Crippen molar-refractivity contribution in [1.29, 1.82) is 0 Å². The first-order chi connectivity index (χ1) is 11.5. The Kier molecular flexibility index (Phi) is 4.13. The fourth-order valence-corrected chi connectivity index (χ4v) is 4.56. The fraction of sp³-hybridized carbons (Fsp3) is 0.650. The quantitative estimate of drug-likeness (QED) is 0.800. The van der Waals surface area contributed by atoms with Crippen LogP contribution in [-0.4, -0.2) is 47.6 Å². The molecule has 130 valence electrons. The van der Waals surface area contributed by atoms with Crippen LogP contribution in [0.25, 0.3) is 0 Å². The Morgan fingerprint density at radius 3 is 2.92 bits per heavy atom. The number of carbonyl (C=O) groups is 1. The van der Waals surface area contributed by atoms with Crippen molar-refractivity contribution < 1.29 is 9.53 Å². The van der Waals surface area contributed by atoms with Crippen LogP contribution in [0.1, 0.15) is 49.0 Å². The fourth-order valence-electron chi connectivity index (χ4n) is 4.56. The number of benzene rings is 1. The lowest BCUT2D eigenvalue weighted by Gasteiger charge is -2.49. The molecule has 1 saturated carbocycles. The van der Waals surface area contributed by atoms with Gasteiger partial charge in [0.05, 0.1) is 25.3 Å². The monoisotopic (exact) mass is 328 g/mol. The van der Waals surface area contributed by atoms with E-state index in [0.717, 1.165) is 26.2 Å². The highest BCUT2D eigenvalue weighted by Gasteiger charge is 2.50. The lowest BCUT2D eigenvalue weighted by molar-refractivity contribution is -0.163. The van der Waals surface area contributed by atoms with Gasteiger partial charge in [-0.2, -0.15) is 0 Å². The van der Waals surface area contributed by atoms with Gasteiger partial charge in [-0.15, -0.1) is 0 Å². The first kappa shape index (κ1) is 16.1. The predicted molar refractivity (Wildman–Crippen MR) is 93.6 cm³/mol. The molecule has 0 spiro atoms. The predicted octanol–water partition coefficient (Wildman–Crippen LogP) is 3.03. The second-order valence-corrected chi connectivity index (χ2v) is 7.86. The first-order valence-electron chi connectivity index (χ1n) is 9.28. The topological polar surface area (TPSA) is 32.8 Å². The van der Waals surface area contributed by atoms with Crippen LogP contribution in [0.4, 0.5) is 0 Å². The second kappa shape index (κ2) is 6.16. The molecule has 4 nitrogen and oxygen atoms in total. The number of aryl methyl sites for hydroxylation is 2. The number of carbonyl (C=O) groups excluding carboxylic acids is 1. The van der Waals surface area contributed by atoms with Gasteiger partial charge in [-0.25, -0.2) is 0 Å². The van der Waals surface area contributed by atoms with E-state index in [-0.39, 0.29) is 6.10 Å². The summed E-state index contributed by atoms with van der Waals surface area (Å²) in [6, 6.07) is 7.45. The van der Waals surface area contributed by atoms with Gasteiger partial charge in [-0.3, -0.25) is 9.69 Å². The molecule has 2 aliphatic heterocycles.